The lowest BCUT2D eigenvalue weighted by molar-refractivity contribution is -0.148. The number of carbonyl (C=O) groups is 3. The van der Waals surface area contributed by atoms with Crippen LogP contribution in [0.25, 0.3) is 0 Å². The van der Waals surface area contributed by atoms with E-state index in [1.165, 1.54) is 4.90 Å². The lowest BCUT2D eigenvalue weighted by atomic mass is 10.0. The summed E-state index contributed by atoms with van der Waals surface area (Å²) in [6.07, 6.45) is -4.09. The Hall–Kier alpha value is -3.28. The number of nitrogens with one attached hydrogen (secondary N) is 1. The van der Waals surface area contributed by atoms with Crippen LogP contribution >= 0.6 is 0 Å². The number of fused-ring (bicyclic) bond motifs is 2. The fourth-order valence-corrected chi connectivity index (χ4v) is 4.59. The van der Waals surface area contributed by atoms with Crippen molar-refractivity contribution in [3.05, 3.63) is 46.5 Å². The number of halogens is 3. The molecule has 0 spiro atoms. The molecular formula is C20H19F3N6O3. The molecule has 1 aromatic carbocycles. The molecule has 3 amide bonds. The first-order valence-electron chi connectivity index (χ1n) is 10.2. The van der Waals surface area contributed by atoms with Crippen molar-refractivity contribution < 1.29 is 27.6 Å². The molecule has 1 saturated heterocycles. The van der Waals surface area contributed by atoms with E-state index in [-0.39, 0.29) is 50.1 Å². The van der Waals surface area contributed by atoms with Gasteiger partial charge in [-0.3, -0.25) is 24.6 Å². The number of alkyl halides is 3. The third-order valence-corrected chi connectivity index (χ3v) is 6.16. The van der Waals surface area contributed by atoms with Crippen molar-refractivity contribution in [3.63, 3.8) is 0 Å². The fraction of sp³-hybridized carbons (Fsp3) is 0.450. The number of imide groups is 1. The number of nitrogens with zero attached hydrogens (tertiary/aromatic N) is 5. The van der Waals surface area contributed by atoms with Gasteiger partial charge in [-0.25, -0.2) is 0 Å². The molecule has 1 unspecified atom stereocenters. The molecule has 0 radical (unpaired) electrons. The van der Waals surface area contributed by atoms with Gasteiger partial charge < -0.3 is 9.47 Å². The molecule has 3 aliphatic rings. The molecule has 2 aromatic rings. The number of hydrogen-bond acceptors (Lipinski definition) is 6. The van der Waals surface area contributed by atoms with Gasteiger partial charge in [-0.15, -0.1) is 10.2 Å². The van der Waals surface area contributed by atoms with Crippen molar-refractivity contribution in [2.24, 2.45) is 0 Å². The maximum absolute atomic E-state index is 13.1. The van der Waals surface area contributed by atoms with E-state index in [1.54, 1.807) is 12.1 Å². The Morgan fingerprint density at radius 3 is 2.66 bits per heavy atom. The second-order valence-corrected chi connectivity index (χ2v) is 8.14. The van der Waals surface area contributed by atoms with Gasteiger partial charge in [0.15, 0.2) is 0 Å². The molecule has 9 nitrogen and oxygen atoms in total. The minimum Gasteiger partial charge on any atom is -0.322 e. The van der Waals surface area contributed by atoms with Crippen molar-refractivity contribution >= 4 is 17.7 Å². The van der Waals surface area contributed by atoms with Crippen molar-refractivity contribution in [3.8, 4) is 0 Å². The summed E-state index contributed by atoms with van der Waals surface area (Å²) in [5.41, 5.74) is 2.17. The van der Waals surface area contributed by atoms with E-state index in [1.807, 2.05) is 11.0 Å². The summed E-state index contributed by atoms with van der Waals surface area (Å²) in [7, 11) is 0. The second-order valence-electron chi connectivity index (χ2n) is 8.14. The summed E-state index contributed by atoms with van der Waals surface area (Å²) < 4.78 is 40.3. The minimum atomic E-state index is -4.55. The smallest absolute Gasteiger partial charge is 0.322 e. The van der Waals surface area contributed by atoms with Gasteiger partial charge in [-0.2, -0.15) is 13.2 Å². The Morgan fingerprint density at radius 1 is 1.09 bits per heavy atom. The van der Waals surface area contributed by atoms with Crippen LogP contribution in [0.5, 0.6) is 0 Å². The monoisotopic (exact) mass is 448 g/mol. The highest BCUT2D eigenvalue weighted by atomic mass is 19.4. The molecule has 1 fully saturated rings. The number of benzene rings is 1. The molecular weight excluding hydrogens is 429 g/mol. The number of amides is 3. The van der Waals surface area contributed by atoms with E-state index in [0.29, 0.717) is 18.7 Å². The average molecular weight is 448 g/mol. The maximum Gasteiger partial charge on any atom is 0.451 e. The van der Waals surface area contributed by atoms with E-state index in [9.17, 15) is 27.6 Å². The maximum atomic E-state index is 13.1. The summed E-state index contributed by atoms with van der Waals surface area (Å²) in [6, 6.07) is 4.64. The lowest BCUT2D eigenvalue weighted by Gasteiger charge is -2.30. The van der Waals surface area contributed by atoms with Crippen molar-refractivity contribution in [1.82, 2.24) is 29.9 Å². The quantitative estimate of drug-likeness (QED) is 0.706. The zero-order chi connectivity index (χ0) is 22.6. The zero-order valence-corrected chi connectivity index (χ0v) is 16.9. The van der Waals surface area contributed by atoms with Gasteiger partial charge in [0.05, 0.1) is 6.54 Å². The summed E-state index contributed by atoms with van der Waals surface area (Å²) in [6.45, 7) is 1.38. The van der Waals surface area contributed by atoms with E-state index >= 15 is 0 Å². The summed E-state index contributed by atoms with van der Waals surface area (Å²) in [4.78, 5) is 40.1. The van der Waals surface area contributed by atoms with Gasteiger partial charge in [0.2, 0.25) is 17.6 Å². The topological polar surface area (TPSA) is 100 Å². The SMILES string of the molecule is O=C1CCC(N2Cc3c(CN4CCn5c(nnc5C(F)(F)F)C4)cccc3C2=O)C(=O)N1. The van der Waals surface area contributed by atoms with Crippen LogP contribution in [-0.4, -0.2) is 54.9 Å². The number of aromatic nitrogens is 3. The van der Waals surface area contributed by atoms with E-state index in [0.717, 1.165) is 15.7 Å². The van der Waals surface area contributed by atoms with Crippen molar-refractivity contribution in [2.75, 3.05) is 6.54 Å². The van der Waals surface area contributed by atoms with Gasteiger partial charge in [-0.05, 0) is 23.6 Å². The Balaban J connectivity index is 1.34. The molecule has 0 bridgehead atoms. The fourth-order valence-electron chi connectivity index (χ4n) is 4.59. The van der Waals surface area contributed by atoms with Crippen LogP contribution in [0.3, 0.4) is 0 Å². The average Bonchev–Trinajstić information content (AvgIpc) is 3.30. The number of rotatable bonds is 3. The van der Waals surface area contributed by atoms with Crippen LogP contribution in [0, 0.1) is 0 Å². The molecule has 32 heavy (non-hydrogen) atoms. The number of hydrogen-bond donors (Lipinski definition) is 1. The van der Waals surface area contributed by atoms with Crippen molar-refractivity contribution in [2.45, 2.75) is 51.2 Å². The first-order valence-corrected chi connectivity index (χ1v) is 10.2. The Morgan fingerprint density at radius 2 is 1.91 bits per heavy atom. The molecule has 168 valence electrons. The van der Waals surface area contributed by atoms with Crippen LogP contribution in [-0.2, 0) is 41.9 Å². The summed E-state index contributed by atoms with van der Waals surface area (Å²) in [5, 5.41) is 9.29. The van der Waals surface area contributed by atoms with Gasteiger partial charge in [0.1, 0.15) is 11.9 Å². The molecule has 4 heterocycles. The molecule has 0 saturated carbocycles. The molecule has 1 N–H and O–H groups in total. The van der Waals surface area contributed by atoms with Crippen LogP contribution in [0.15, 0.2) is 18.2 Å². The van der Waals surface area contributed by atoms with Gasteiger partial charge in [-0.1, -0.05) is 12.1 Å². The summed E-state index contributed by atoms with van der Waals surface area (Å²) >= 11 is 0. The third-order valence-electron chi connectivity index (χ3n) is 6.16. The minimum absolute atomic E-state index is 0.119. The van der Waals surface area contributed by atoms with Crippen LogP contribution in [0.2, 0.25) is 0 Å². The number of piperidine rings is 1. The largest absolute Gasteiger partial charge is 0.451 e. The highest BCUT2D eigenvalue weighted by Gasteiger charge is 2.41. The molecule has 12 heteroatoms. The Bertz CT molecular complexity index is 1130. The predicted octanol–water partition coefficient (Wildman–Crippen LogP) is 1.07. The molecule has 1 atom stereocenters. The Labute approximate surface area is 180 Å². The normalized spacial score (nSPS) is 21.5. The highest BCUT2D eigenvalue weighted by molar-refractivity contribution is 6.05. The van der Waals surface area contributed by atoms with Crippen LogP contribution < -0.4 is 5.32 Å². The summed E-state index contributed by atoms with van der Waals surface area (Å²) in [5.74, 6) is -1.82. The van der Waals surface area contributed by atoms with Crippen molar-refractivity contribution in [1.29, 1.82) is 0 Å². The predicted molar refractivity (Wildman–Crippen MR) is 102 cm³/mol. The Kier molecular flexibility index (Phi) is 4.77. The molecule has 3 aliphatic heterocycles. The standard InChI is InChI=1S/C20H19F3N6O3/c21-20(22,23)19-26-25-15-10-27(6-7-28(15)19)8-11-2-1-3-12-13(11)9-29(18(12)32)14-4-5-16(30)24-17(14)31/h1-3,14H,4-10H2,(H,24,30,31). The molecule has 1 aromatic heterocycles. The van der Waals surface area contributed by atoms with E-state index in [2.05, 4.69) is 15.5 Å². The highest BCUT2D eigenvalue weighted by Crippen LogP contribution is 2.32. The zero-order valence-electron chi connectivity index (χ0n) is 16.9. The van der Waals surface area contributed by atoms with E-state index < -0.39 is 23.9 Å². The molecule has 5 rings (SSSR count). The van der Waals surface area contributed by atoms with Gasteiger partial charge in [0.25, 0.3) is 5.91 Å². The first-order chi connectivity index (χ1) is 15.2. The van der Waals surface area contributed by atoms with Crippen LogP contribution in [0.1, 0.15) is 46.0 Å². The van der Waals surface area contributed by atoms with Gasteiger partial charge >= 0.3 is 6.18 Å². The second kappa shape index (κ2) is 7.40. The van der Waals surface area contributed by atoms with Gasteiger partial charge in [0, 0.05) is 38.2 Å². The third kappa shape index (κ3) is 3.44. The number of carbonyl (C=O) groups excluding carboxylic acids is 3. The van der Waals surface area contributed by atoms with E-state index in [4.69, 9.17) is 0 Å². The van der Waals surface area contributed by atoms with Crippen LogP contribution in [0.4, 0.5) is 13.2 Å². The molecule has 0 aliphatic carbocycles. The first kappa shape index (κ1) is 20.6. The lowest BCUT2D eigenvalue weighted by Crippen LogP contribution is -2.52.